The molecule has 0 bridgehead atoms. The fraction of sp³-hybridized carbons (Fsp3) is 0.318. The predicted molar refractivity (Wildman–Crippen MR) is 112 cm³/mol. The molecule has 2 aromatic rings. The molecule has 0 unspecified atom stereocenters. The van der Waals surface area contributed by atoms with Crippen LogP contribution in [0, 0.1) is 0 Å². The lowest BCUT2D eigenvalue weighted by atomic mass is 10.1. The van der Waals surface area contributed by atoms with Gasteiger partial charge in [0.15, 0.2) is 0 Å². The maximum absolute atomic E-state index is 12.6. The zero-order valence-electron chi connectivity index (χ0n) is 17.0. The topological polar surface area (TPSA) is 97.0 Å². The van der Waals surface area contributed by atoms with E-state index in [0.717, 1.165) is 11.3 Å². The first-order valence-electron chi connectivity index (χ1n) is 9.69. The molecule has 1 atom stereocenters. The Balaban J connectivity index is 1.46. The second-order valence-corrected chi connectivity index (χ2v) is 6.91. The first-order chi connectivity index (χ1) is 14.5. The molecule has 4 amide bonds. The van der Waals surface area contributed by atoms with Crippen molar-refractivity contribution in [2.45, 2.75) is 25.3 Å². The first-order valence-corrected chi connectivity index (χ1v) is 9.69. The summed E-state index contributed by atoms with van der Waals surface area (Å²) in [4.78, 5) is 38.1. The van der Waals surface area contributed by atoms with Crippen LogP contribution < -0.4 is 20.1 Å². The highest BCUT2D eigenvalue weighted by molar-refractivity contribution is 6.04. The second-order valence-electron chi connectivity index (χ2n) is 6.91. The van der Waals surface area contributed by atoms with Crippen molar-refractivity contribution >= 4 is 23.5 Å². The summed E-state index contributed by atoms with van der Waals surface area (Å²) in [7, 11) is 3.17. The van der Waals surface area contributed by atoms with Gasteiger partial charge < -0.3 is 20.1 Å². The summed E-state index contributed by atoms with van der Waals surface area (Å²) in [5.74, 6) is 0.924. The smallest absolute Gasteiger partial charge is 0.324 e. The molecule has 1 aliphatic rings. The minimum atomic E-state index is -0.685. The van der Waals surface area contributed by atoms with E-state index in [9.17, 15) is 14.4 Å². The average molecular weight is 411 g/mol. The van der Waals surface area contributed by atoms with E-state index in [0.29, 0.717) is 17.9 Å². The van der Waals surface area contributed by atoms with E-state index in [-0.39, 0.29) is 31.2 Å². The molecule has 3 rings (SSSR count). The number of hydrogen-bond acceptors (Lipinski definition) is 5. The Hall–Kier alpha value is -3.55. The molecule has 30 heavy (non-hydrogen) atoms. The summed E-state index contributed by atoms with van der Waals surface area (Å²) in [6.45, 7) is 0.283. The van der Waals surface area contributed by atoms with Crippen molar-refractivity contribution in [1.29, 1.82) is 0 Å². The number of hydrogen-bond donors (Lipinski definition) is 2. The molecule has 8 nitrogen and oxygen atoms in total. The van der Waals surface area contributed by atoms with Gasteiger partial charge in [-0.15, -0.1) is 0 Å². The molecule has 0 radical (unpaired) electrons. The number of amides is 4. The van der Waals surface area contributed by atoms with E-state index in [1.807, 2.05) is 24.3 Å². The molecule has 1 saturated heterocycles. The van der Waals surface area contributed by atoms with E-state index in [4.69, 9.17) is 9.47 Å². The number of carbonyl (C=O) groups is 3. The van der Waals surface area contributed by atoms with Gasteiger partial charge in [-0.05, 0) is 54.8 Å². The molecular formula is C22H25N3O5. The van der Waals surface area contributed by atoms with Gasteiger partial charge in [-0.2, -0.15) is 0 Å². The van der Waals surface area contributed by atoms with Crippen molar-refractivity contribution in [3.05, 3.63) is 54.1 Å². The molecule has 0 aliphatic carbocycles. The fourth-order valence-electron chi connectivity index (χ4n) is 3.19. The molecule has 2 aromatic carbocycles. The third kappa shape index (κ3) is 5.28. The minimum Gasteiger partial charge on any atom is -0.497 e. The Kier molecular flexibility index (Phi) is 6.90. The third-order valence-corrected chi connectivity index (χ3v) is 4.92. The van der Waals surface area contributed by atoms with Crippen molar-refractivity contribution < 1.29 is 23.9 Å². The normalized spacial score (nSPS) is 15.7. The van der Waals surface area contributed by atoms with Gasteiger partial charge in [0, 0.05) is 18.7 Å². The van der Waals surface area contributed by atoms with Gasteiger partial charge in [-0.3, -0.25) is 14.5 Å². The summed E-state index contributed by atoms with van der Waals surface area (Å²) >= 11 is 0. The van der Waals surface area contributed by atoms with Crippen LogP contribution in [0.5, 0.6) is 11.5 Å². The van der Waals surface area contributed by atoms with Crippen LogP contribution in [0.15, 0.2) is 48.5 Å². The van der Waals surface area contributed by atoms with Gasteiger partial charge in [0.2, 0.25) is 5.91 Å². The summed E-state index contributed by atoms with van der Waals surface area (Å²) in [6, 6.07) is 13.3. The Morgan fingerprint density at radius 1 is 1.00 bits per heavy atom. The van der Waals surface area contributed by atoms with E-state index in [1.165, 1.54) is 4.90 Å². The standard InChI is InChI=1S/C22H25N3O5/c1-29-17-7-3-15(4-8-17)13-14-25-21(27)19(24-22(25)28)11-12-20(26)23-16-5-9-18(30-2)10-6-16/h3-10,19H,11-14H2,1-2H3,(H,23,26)(H,24,28)/t19-/m1/s1. The molecule has 0 spiro atoms. The summed E-state index contributed by atoms with van der Waals surface area (Å²) in [5, 5.41) is 5.43. The number of rotatable bonds is 9. The lowest BCUT2D eigenvalue weighted by molar-refractivity contribution is -0.127. The third-order valence-electron chi connectivity index (χ3n) is 4.92. The zero-order chi connectivity index (χ0) is 21.5. The molecular weight excluding hydrogens is 386 g/mol. The van der Waals surface area contributed by atoms with E-state index < -0.39 is 12.1 Å². The molecule has 1 fully saturated rings. The van der Waals surface area contributed by atoms with Crippen LogP contribution in [0.3, 0.4) is 0 Å². The number of urea groups is 1. The monoisotopic (exact) mass is 411 g/mol. The molecule has 0 aromatic heterocycles. The van der Waals surface area contributed by atoms with Crippen molar-refractivity contribution in [2.24, 2.45) is 0 Å². The maximum Gasteiger partial charge on any atom is 0.324 e. The molecule has 158 valence electrons. The summed E-state index contributed by atoms with van der Waals surface area (Å²) < 4.78 is 10.2. The maximum atomic E-state index is 12.6. The number of nitrogens with zero attached hydrogens (tertiary/aromatic N) is 1. The number of carbonyl (C=O) groups excluding carboxylic acids is 3. The number of benzene rings is 2. The number of imide groups is 1. The molecule has 2 N–H and O–H groups in total. The van der Waals surface area contributed by atoms with Gasteiger partial charge in [-0.1, -0.05) is 12.1 Å². The van der Waals surface area contributed by atoms with E-state index >= 15 is 0 Å². The molecule has 1 aliphatic heterocycles. The largest absolute Gasteiger partial charge is 0.497 e. The summed E-state index contributed by atoms with van der Waals surface area (Å²) in [5.41, 5.74) is 1.64. The number of nitrogens with one attached hydrogen (secondary N) is 2. The highest BCUT2D eigenvalue weighted by Crippen LogP contribution is 2.17. The van der Waals surface area contributed by atoms with Crippen LogP contribution in [-0.4, -0.2) is 49.6 Å². The van der Waals surface area contributed by atoms with Gasteiger partial charge in [0.1, 0.15) is 17.5 Å². The van der Waals surface area contributed by atoms with Gasteiger partial charge >= 0.3 is 6.03 Å². The number of methoxy groups -OCH3 is 2. The lowest BCUT2D eigenvalue weighted by Gasteiger charge is -2.13. The van der Waals surface area contributed by atoms with Gasteiger partial charge in [-0.25, -0.2) is 4.79 Å². The van der Waals surface area contributed by atoms with Crippen LogP contribution >= 0.6 is 0 Å². The fourth-order valence-corrected chi connectivity index (χ4v) is 3.19. The van der Waals surface area contributed by atoms with Crippen LogP contribution in [0.2, 0.25) is 0 Å². The zero-order valence-corrected chi connectivity index (χ0v) is 17.0. The highest BCUT2D eigenvalue weighted by atomic mass is 16.5. The van der Waals surface area contributed by atoms with E-state index in [2.05, 4.69) is 10.6 Å². The molecule has 0 saturated carbocycles. The number of anilines is 1. The molecule has 8 heteroatoms. The average Bonchev–Trinajstić information content (AvgIpc) is 3.04. The van der Waals surface area contributed by atoms with Crippen LogP contribution in [-0.2, 0) is 16.0 Å². The second kappa shape index (κ2) is 9.78. The Labute approximate surface area is 175 Å². The van der Waals surface area contributed by atoms with Gasteiger partial charge in [0.25, 0.3) is 5.91 Å². The Morgan fingerprint density at radius 3 is 2.20 bits per heavy atom. The SMILES string of the molecule is COc1ccc(CCN2C(=O)N[C@H](CCC(=O)Nc3ccc(OC)cc3)C2=O)cc1. The van der Waals surface area contributed by atoms with Crippen molar-refractivity contribution in [1.82, 2.24) is 10.2 Å². The minimum absolute atomic E-state index is 0.120. The van der Waals surface area contributed by atoms with Crippen molar-refractivity contribution in [2.75, 3.05) is 26.1 Å². The highest BCUT2D eigenvalue weighted by Gasteiger charge is 2.37. The lowest BCUT2D eigenvalue weighted by Crippen LogP contribution is -2.33. The summed E-state index contributed by atoms with van der Waals surface area (Å²) in [6.07, 6.45) is 0.911. The van der Waals surface area contributed by atoms with Crippen molar-refractivity contribution in [3.8, 4) is 11.5 Å². The number of ether oxygens (including phenoxy) is 2. The van der Waals surface area contributed by atoms with E-state index in [1.54, 1.807) is 38.5 Å². The quantitative estimate of drug-likeness (QED) is 0.618. The molecule has 1 heterocycles. The van der Waals surface area contributed by atoms with Crippen LogP contribution in [0.4, 0.5) is 10.5 Å². The van der Waals surface area contributed by atoms with Crippen LogP contribution in [0.25, 0.3) is 0 Å². The van der Waals surface area contributed by atoms with Crippen molar-refractivity contribution in [3.63, 3.8) is 0 Å². The van der Waals surface area contributed by atoms with Gasteiger partial charge in [0.05, 0.1) is 14.2 Å². The first kappa shape index (κ1) is 21.2. The predicted octanol–water partition coefficient (Wildman–Crippen LogP) is 2.59. The Morgan fingerprint density at radius 2 is 1.60 bits per heavy atom. The Bertz CT molecular complexity index is 896. The van der Waals surface area contributed by atoms with Crippen LogP contribution in [0.1, 0.15) is 18.4 Å².